The van der Waals surface area contributed by atoms with Crippen molar-refractivity contribution in [1.82, 2.24) is 4.90 Å². The number of hydrogen-bond acceptors (Lipinski definition) is 4. The van der Waals surface area contributed by atoms with E-state index in [1.54, 1.807) is 12.0 Å². The fourth-order valence-electron chi connectivity index (χ4n) is 4.40. The molecule has 1 unspecified atom stereocenters. The summed E-state index contributed by atoms with van der Waals surface area (Å²) in [5.41, 5.74) is 1.97. The van der Waals surface area contributed by atoms with Crippen molar-refractivity contribution >= 4 is 17.5 Å². The van der Waals surface area contributed by atoms with Crippen LogP contribution in [0.15, 0.2) is 54.6 Å². The lowest BCUT2D eigenvalue weighted by Crippen LogP contribution is -2.43. The molecule has 2 heterocycles. The van der Waals surface area contributed by atoms with Crippen molar-refractivity contribution in [3.63, 3.8) is 0 Å². The first-order valence-corrected chi connectivity index (χ1v) is 11.0. The fraction of sp³-hybridized carbons (Fsp3) is 0.440. The van der Waals surface area contributed by atoms with Crippen LogP contribution in [0.2, 0.25) is 0 Å². The van der Waals surface area contributed by atoms with Crippen LogP contribution in [-0.2, 0) is 20.9 Å². The van der Waals surface area contributed by atoms with Crippen molar-refractivity contribution in [3.8, 4) is 5.75 Å². The number of amides is 2. The average Bonchev–Trinajstić information content (AvgIpc) is 3.21. The standard InChI is InChI=1S/C25H30N2O4/c1-30-23-9-5-8-22(15-23)27-16-21(14-24(27)28)25(29)26-12-10-20(11-13-26)18-31-17-19-6-3-2-4-7-19/h2-9,15,20-21H,10-14,16-18H2,1H3. The molecule has 0 N–H and O–H groups in total. The molecule has 164 valence electrons. The molecular weight excluding hydrogens is 392 g/mol. The Morgan fingerprint density at radius 1 is 1.06 bits per heavy atom. The number of likely N-dealkylation sites (tertiary alicyclic amines) is 1. The lowest BCUT2D eigenvalue weighted by Gasteiger charge is -2.33. The highest BCUT2D eigenvalue weighted by molar-refractivity contribution is 6.00. The largest absolute Gasteiger partial charge is 0.497 e. The molecule has 4 rings (SSSR count). The summed E-state index contributed by atoms with van der Waals surface area (Å²) in [5.74, 6) is 1.01. The fourth-order valence-corrected chi connectivity index (χ4v) is 4.40. The number of carbonyl (C=O) groups excluding carboxylic acids is 2. The monoisotopic (exact) mass is 422 g/mol. The van der Waals surface area contributed by atoms with Gasteiger partial charge in [-0.2, -0.15) is 0 Å². The highest BCUT2D eigenvalue weighted by Gasteiger charge is 2.38. The van der Waals surface area contributed by atoms with Crippen molar-refractivity contribution in [2.45, 2.75) is 25.9 Å². The van der Waals surface area contributed by atoms with Crippen LogP contribution in [0, 0.1) is 11.8 Å². The SMILES string of the molecule is COc1cccc(N2CC(C(=O)N3CCC(COCc4ccccc4)CC3)CC2=O)c1. The number of piperidine rings is 1. The second kappa shape index (κ2) is 9.96. The van der Waals surface area contributed by atoms with Gasteiger partial charge >= 0.3 is 0 Å². The smallest absolute Gasteiger partial charge is 0.228 e. The van der Waals surface area contributed by atoms with Gasteiger partial charge < -0.3 is 19.3 Å². The van der Waals surface area contributed by atoms with Crippen LogP contribution in [0.5, 0.6) is 5.75 Å². The maximum absolute atomic E-state index is 13.0. The summed E-state index contributed by atoms with van der Waals surface area (Å²) in [7, 11) is 1.60. The number of carbonyl (C=O) groups is 2. The van der Waals surface area contributed by atoms with Gasteiger partial charge in [-0.3, -0.25) is 9.59 Å². The van der Waals surface area contributed by atoms with E-state index in [1.807, 2.05) is 47.4 Å². The van der Waals surface area contributed by atoms with Crippen molar-refractivity contribution < 1.29 is 19.1 Å². The molecule has 6 heteroatoms. The summed E-state index contributed by atoms with van der Waals surface area (Å²) >= 11 is 0. The molecule has 0 aromatic heterocycles. The Morgan fingerprint density at radius 3 is 2.58 bits per heavy atom. The zero-order valence-corrected chi connectivity index (χ0v) is 18.0. The lowest BCUT2D eigenvalue weighted by atomic mass is 9.96. The van der Waals surface area contributed by atoms with Gasteiger partial charge in [-0.25, -0.2) is 0 Å². The number of ether oxygens (including phenoxy) is 2. The minimum atomic E-state index is -0.274. The molecular formula is C25H30N2O4. The number of anilines is 1. The van der Waals surface area contributed by atoms with Crippen LogP contribution in [0.3, 0.4) is 0 Å². The van der Waals surface area contributed by atoms with Crippen molar-refractivity contribution in [3.05, 3.63) is 60.2 Å². The van der Waals surface area contributed by atoms with E-state index in [-0.39, 0.29) is 24.2 Å². The van der Waals surface area contributed by atoms with E-state index < -0.39 is 0 Å². The van der Waals surface area contributed by atoms with Crippen molar-refractivity contribution in [2.75, 3.05) is 38.3 Å². The Labute approximate surface area is 183 Å². The maximum Gasteiger partial charge on any atom is 0.228 e. The number of methoxy groups -OCH3 is 1. The molecule has 0 bridgehead atoms. The van der Waals surface area contributed by atoms with E-state index in [0.29, 0.717) is 24.8 Å². The second-order valence-corrected chi connectivity index (χ2v) is 8.38. The Bertz CT molecular complexity index is 893. The highest BCUT2D eigenvalue weighted by Crippen LogP contribution is 2.30. The topological polar surface area (TPSA) is 59.1 Å². The molecule has 2 aliphatic rings. The predicted molar refractivity (Wildman–Crippen MR) is 119 cm³/mol. The lowest BCUT2D eigenvalue weighted by molar-refractivity contribution is -0.137. The van der Waals surface area contributed by atoms with Gasteiger partial charge in [0.25, 0.3) is 0 Å². The Hall–Kier alpha value is -2.86. The average molecular weight is 423 g/mol. The molecule has 2 aromatic carbocycles. The van der Waals surface area contributed by atoms with Crippen LogP contribution in [0.1, 0.15) is 24.8 Å². The Morgan fingerprint density at radius 2 is 1.84 bits per heavy atom. The molecule has 0 spiro atoms. The van der Waals surface area contributed by atoms with E-state index in [9.17, 15) is 9.59 Å². The van der Waals surface area contributed by atoms with Crippen molar-refractivity contribution in [1.29, 1.82) is 0 Å². The third-order valence-corrected chi connectivity index (χ3v) is 6.23. The molecule has 6 nitrogen and oxygen atoms in total. The van der Waals surface area contributed by atoms with Gasteiger partial charge in [0.15, 0.2) is 0 Å². The molecule has 2 amide bonds. The van der Waals surface area contributed by atoms with E-state index in [2.05, 4.69) is 12.1 Å². The Balaban J connectivity index is 1.24. The summed E-state index contributed by atoms with van der Waals surface area (Å²) in [5, 5.41) is 0. The van der Waals surface area contributed by atoms with Gasteiger partial charge in [-0.15, -0.1) is 0 Å². The second-order valence-electron chi connectivity index (χ2n) is 8.38. The molecule has 1 atom stereocenters. The Kier molecular flexibility index (Phi) is 6.87. The number of nitrogens with zero attached hydrogens (tertiary/aromatic N) is 2. The van der Waals surface area contributed by atoms with Crippen LogP contribution in [-0.4, -0.2) is 50.1 Å². The minimum absolute atomic E-state index is 0.00389. The first-order valence-electron chi connectivity index (χ1n) is 11.0. The van der Waals surface area contributed by atoms with E-state index in [1.165, 1.54) is 5.56 Å². The van der Waals surface area contributed by atoms with Crippen LogP contribution in [0.25, 0.3) is 0 Å². The molecule has 2 saturated heterocycles. The van der Waals surface area contributed by atoms with E-state index >= 15 is 0 Å². The molecule has 2 aliphatic heterocycles. The van der Waals surface area contributed by atoms with Gasteiger partial charge in [0.1, 0.15) is 5.75 Å². The molecule has 0 radical (unpaired) electrons. The summed E-state index contributed by atoms with van der Waals surface area (Å²) < 4.78 is 11.1. The molecule has 0 saturated carbocycles. The quantitative estimate of drug-likeness (QED) is 0.685. The van der Waals surface area contributed by atoms with Gasteiger partial charge in [-0.05, 0) is 36.5 Å². The zero-order chi connectivity index (χ0) is 21.6. The van der Waals surface area contributed by atoms with E-state index in [0.717, 1.165) is 38.2 Å². The first-order chi connectivity index (χ1) is 15.1. The summed E-state index contributed by atoms with van der Waals surface area (Å²) in [6, 6.07) is 17.6. The summed E-state index contributed by atoms with van der Waals surface area (Å²) in [4.78, 5) is 29.2. The summed E-state index contributed by atoms with van der Waals surface area (Å²) in [6.45, 7) is 3.27. The van der Waals surface area contributed by atoms with Gasteiger partial charge in [0, 0.05) is 44.4 Å². The third kappa shape index (κ3) is 5.25. The third-order valence-electron chi connectivity index (χ3n) is 6.23. The van der Waals surface area contributed by atoms with E-state index in [4.69, 9.17) is 9.47 Å². The van der Waals surface area contributed by atoms with Crippen molar-refractivity contribution in [2.24, 2.45) is 11.8 Å². The minimum Gasteiger partial charge on any atom is -0.497 e. The highest BCUT2D eigenvalue weighted by atomic mass is 16.5. The van der Waals surface area contributed by atoms with Crippen LogP contribution < -0.4 is 9.64 Å². The molecule has 2 aromatic rings. The zero-order valence-electron chi connectivity index (χ0n) is 18.0. The molecule has 2 fully saturated rings. The first kappa shape index (κ1) is 21.4. The normalized spacial score (nSPS) is 19.6. The number of benzene rings is 2. The molecule has 0 aliphatic carbocycles. The predicted octanol–water partition coefficient (Wildman–Crippen LogP) is 3.50. The van der Waals surface area contributed by atoms with Gasteiger partial charge in [0.2, 0.25) is 11.8 Å². The number of hydrogen-bond donors (Lipinski definition) is 0. The van der Waals surface area contributed by atoms with Crippen LogP contribution >= 0.6 is 0 Å². The van der Waals surface area contributed by atoms with Crippen LogP contribution in [0.4, 0.5) is 5.69 Å². The maximum atomic E-state index is 13.0. The van der Waals surface area contributed by atoms with Gasteiger partial charge in [0.05, 0.1) is 19.6 Å². The number of rotatable bonds is 7. The summed E-state index contributed by atoms with van der Waals surface area (Å²) in [6.07, 6.45) is 2.16. The van der Waals surface area contributed by atoms with Gasteiger partial charge in [-0.1, -0.05) is 36.4 Å². The molecule has 31 heavy (non-hydrogen) atoms.